The van der Waals surface area contributed by atoms with E-state index < -0.39 is 5.82 Å². The number of nitrogen functional groups attached to an aromatic ring is 1. The lowest BCUT2D eigenvalue weighted by Gasteiger charge is -2.22. The zero-order valence-electron chi connectivity index (χ0n) is 12.9. The van der Waals surface area contributed by atoms with Crippen molar-refractivity contribution in [3.8, 4) is 5.69 Å². The molecule has 4 nitrogen and oxygen atoms in total. The van der Waals surface area contributed by atoms with Gasteiger partial charge in [0, 0.05) is 6.04 Å². The maximum atomic E-state index is 13.3. The Bertz CT molecular complexity index is 827. The fourth-order valence-corrected chi connectivity index (χ4v) is 4.36. The van der Waals surface area contributed by atoms with Crippen LogP contribution in [0.15, 0.2) is 18.2 Å². The first-order valence-corrected chi connectivity index (χ1v) is 9.35. The van der Waals surface area contributed by atoms with Gasteiger partial charge in [-0.3, -0.25) is 9.36 Å². The minimum Gasteiger partial charge on any atom is -0.383 e. The molecule has 0 bridgehead atoms. The van der Waals surface area contributed by atoms with Crippen LogP contribution in [-0.4, -0.2) is 16.5 Å². The third-order valence-electron chi connectivity index (χ3n) is 4.15. The highest BCUT2D eigenvalue weighted by Crippen LogP contribution is 2.29. The number of benzene rings is 1. The molecule has 1 fully saturated rings. The van der Waals surface area contributed by atoms with Crippen molar-refractivity contribution in [2.75, 3.05) is 5.73 Å². The summed E-state index contributed by atoms with van der Waals surface area (Å²) in [6.07, 6.45) is 5.46. The summed E-state index contributed by atoms with van der Waals surface area (Å²) in [6.45, 7) is 0. The molecule has 3 rings (SSSR count). The lowest BCUT2D eigenvalue weighted by atomic mass is 9.95. The van der Waals surface area contributed by atoms with E-state index in [2.05, 4.69) is 5.32 Å². The molecule has 2 aromatic rings. The summed E-state index contributed by atoms with van der Waals surface area (Å²) in [7, 11) is 0. The third-order valence-corrected chi connectivity index (χ3v) is 5.83. The number of carbonyl (C=O) groups is 1. The van der Waals surface area contributed by atoms with E-state index in [4.69, 9.17) is 29.6 Å². The molecule has 1 aromatic heterocycles. The van der Waals surface area contributed by atoms with E-state index in [9.17, 15) is 9.18 Å². The van der Waals surface area contributed by atoms with Gasteiger partial charge >= 0.3 is 0 Å². The molecule has 0 spiro atoms. The fraction of sp³-hybridized carbons (Fsp3) is 0.375. The van der Waals surface area contributed by atoms with Crippen LogP contribution in [0.25, 0.3) is 5.69 Å². The minimum atomic E-state index is -0.518. The average Bonchev–Trinajstić information content (AvgIpc) is 2.86. The van der Waals surface area contributed by atoms with Gasteiger partial charge in [0.1, 0.15) is 16.5 Å². The SMILES string of the molecule is Nc1c(C(=O)NC2CCCCC2)sc(=S)n1-c1ccc(F)c(Cl)c1. The average molecular weight is 386 g/mol. The maximum Gasteiger partial charge on any atom is 0.265 e. The van der Waals surface area contributed by atoms with Gasteiger partial charge in [0.25, 0.3) is 5.91 Å². The largest absolute Gasteiger partial charge is 0.383 e. The Kier molecular flexibility index (Phi) is 5.22. The molecule has 0 radical (unpaired) electrons. The van der Waals surface area contributed by atoms with E-state index in [1.165, 1.54) is 24.6 Å². The van der Waals surface area contributed by atoms with E-state index >= 15 is 0 Å². The molecule has 1 amide bonds. The summed E-state index contributed by atoms with van der Waals surface area (Å²) in [5.74, 6) is -0.473. The van der Waals surface area contributed by atoms with Crippen LogP contribution in [0.2, 0.25) is 5.02 Å². The van der Waals surface area contributed by atoms with Crippen LogP contribution in [0.1, 0.15) is 41.8 Å². The molecule has 1 aromatic carbocycles. The topological polar surface area (TPSA) is 60.1 Å². The Hall–Kier alpha value is -1.44. The molecular formula is C16H17ClFN3OS2. The van der Waals surface area contributed by atoms with Crippen molar-refractivity contribution in [3.05, 3.63) is 37.9 Å². The van der Waals surface area contributed by atoms with Gasteiger partial charge < -0.3 is 11.1 Å². The fourth-order valence-electron chi connectivity index (χ4n) is 2.91. The Morgan fingerprint density at radius 1 is 1.38 bits per heavy atom. The van der Waals surface area contributed by atoms with Crippen molar-refractivity contribution >= 4 is 46.9 Å². The highest BCUT2D eigenvalue weighted by molar-refractivity contribution is 7.73. The van der Waals surface area contributed by atoms with E-state index in [0.717, 1.165) is 37.0 Å². The summed E-state index contributed by atoms with van der Waals surface area (Å²) in [6, 6.07) is 4.41. The molecule has 128 valence electrons. The number of nitrogens with one attached hydrogen (secondary N) is 1. The van der Waals surface area contributed by atoms with Gasteiger partial charge in [-0.25, -0.2) is 4.39 Å². The normalized spacial score (nSPS) is 15.4. The van der Waals surface area contributed by atoms with Crippen molar-refractivity contribution in [1.29, 1.82) is 0 Å². The van der Waals surface area contributed by atoms with E-state index in [1.54, 1.807) is 4.57 Å². The predicted octanol–water partition coefficient (Wildman–Crippen LogP) is 4.71. The number of amides is 1. The Balaban J connectivity index is 1.89. The van der Waals surface area contributed by atoms with Crippen molar-refractivity contribution in [3.63, 3.8) is 0 Å². The monoisotopic (exact) mass is 385 g/mol. The summed E-state index contributed by atoms with van der Waals surface area (Å²) in [4.78, 5) is 12.9. The number of nitrogens with two attached hydrogens (primary N) is 1. The van der Waals surface area contributed by atoms with Crippen LogP contribution < -0.4 is 11.1 Å². The molecule has 24 heavy (non-hydrogen) atoms. The van der Waals surface area contributed by atoms with E-state index in [1.807, 2.05) is 0 Å². The number of hydrogen-bond donors (Lipinski definition) is 2. The molecule has 1 saturated carbocycles. The molecular weight excluding hydrogens is 369 g/mol. The maximum absolute atomic E-state index is 13.3. The number of hydrogen-bond acceptors (Lipinski definition) is 4. The van der Waals surface area contributed by atoms with Gasteiger partial charge in [-0.2, -0.15) is 0 Å². The standard InChI is InChI=1S/C16H17ClFN3OS2/c17-11-8-10(6-7-12(11)18)21-14(19)13(24-16(21)23)15(22)20-9-4-2-1-3-5-9/h6-9H,1-5,19H2,(H,20,22). The van der Waals surface area contributed by atoms with Crippen LogP contribution >= 0.6 is 35.2 Å². The number of carbonyl (C=O) groups excluding carboxylic acids is 1. The highest BCUT2D eigenvalue weighted by Gasteiger charge is 2.22. The number of aromatic nitrogens is 1. The highest BCUT2D eigenvalue weighted by atomic mass is 35.5. The van der Waals surface area contributed by atoms with Gasteiger partial charge in [-0.05, 0) is 43.3 Å². The summed E-state index contributed by atoms with van der Waals surface area (Å²) >= 11 is 12.3. The van der Waals surface area contributed by atoms with Gasteiger partial charge in [-0.15, -0.1) is 0 Å². The first-order chi connectivity index (χ1) is 11.5. The lowest BCUT2D eigenvalue weighted by molar-refractivity contribution is 0.0932. The third kappa shape index (κ3) is 3.48. The Labute approximate surface area is 153 Å². The van der Waals surface area contributed by atoms with Crippen LogP contribution in [0.4, 0.5) is 10.2 Å². The van der Waals surface area contributed by atoms with Crippen molar-refractivity contribution < 1.29 is 9.18 Å². The van der Waals surface area contributed by atoms with Gasteiger partial charge in [0.05, 0.1) is 10.7 Å². The van der Waals surface area contributed by atoms with Crippen molar-refractivity contribution in [1.82, 2.24) is 9.88 Å². The van der Waals surface area contributed by atoms with E-state index in [0.29, 0.717) is 14.5 Å². The first kappa shape index (κ1) is 17.4. The zero-order valence-corrected chi connectivity index (χ0v) is 15.2. The number of halogens is 2. The molecule has 1 aliphatic rings. The molecule has 0 atom stereocenters. The van der Waals surface area contributed by atoms with Crippen LogP contribution in [0, 0.1) is 9.77 Å². The number of anilines is 1. The van der Waals surface area contributed by atoms with Gasteiger partial charge in [-0.1, -0.05) is 42.2 Å². The quantitative estimate of drug-likeness (QED) is 0.752. The molecule has 1 aliphatic carbocycles. The van der Waals surface area contributed by atoms with Crippen LogP contribution in [0.5, 0.6) is 0 Å². The molecule has 3 N–H and O–H groups in total. The summed E-state index contributed by atoms with van der Waals surface area (Å²) in [5, 5.41) is 3.01. The Morgan fingerprint density at radius 2 is 2.08 bits per heavy atom. The van der Waals surface area contributed by atoms with Crippen molar-refractivity contribution in [2.24, 2.45) is 0 Å². The second-order valence-electron chi connectivity index (χ2n) is 5.82. The van der Waals surface area contributed by atoms with Gasteiger partial charge in [0.15, 0.2) is 3.95 Å². The number of thiazole rings is 1. The second-order valence-corrected chi connectivity index (χ2v) is 7.88. The number of nitrogens with zero attached hydrogens (tertiary/aromatic N) is 1. The first-order valence-electron chi connectivity index (χ1n) is 7.75. The van der Waals surface area contributed by atoms with Crippen LogP contribution in [0.3, 0.4) is 0 Å². The van der Waals surface area contributed by atoms with Gasteiger partial charge in [0.2, 0.25) is 0 Å². The van der Waals surface area contributed by atoms with Crippen molar-refractivity contribution in [2.45, 2.75) is 38.1 Å². The predicted molar refractivity (Wildman–Crippen MR) is 98.2 cm³/mol. The molecule has 0 saturated heterocycles. The second kappa shape index (κ2) is 7.21. The molecule has 0 aliphatic heterocycles. The Morgan fingerprint density at radius 3 is 2.75 bits per heavy atom. The number of rotatable bonds is 3. The molecule has 0 unspecified atom stereocenters. The minimum absolute atomic E-state index is 0.0202. The summed E-state index contributed by atoms with van der Waals surface area (Å²) < 4.78 is 15.3. The smallest absolute Gasteiger partial charge is 0.265 e. The van der Waals surface area contributed by atoms with Crippen LogP contribution in [-0.2, 0) is 0 Å². The lowest BCUT2D eigenvalue weighted by Crippen LogP contribution is -2.36. The summed E-state index contributed by atoms with van der Waals surface area (Å²) in [5.41, 5.74) is 6.68. The molecule has 8 heteroatoms. The molecule has 1 heterocycles. The zero-order chi connectivity index (χ0) is 17.3. The van der Waals surface area contributed by atoms with E-state index in [-0.39, 0.29) is 22.8 Å².